The highest BCUT2D eigenvalue weighted by atomic mass is 32.2. The zero-order valence-electron chi connectivity index (χ0n) is 16.8. The summed E-state index contributed by atoms with van der Waals surface area (Å²) in [4.78, 5) is 30.2. The van der Waals surface area contributed by atoms with E-state index in [2.05, 4.69) is 16.4 Å². The Kier molecular flexibility index (Phi) is 6.64. The van der Waals surface area contributed by atoms with Crippen LogP contribution in [0.1, 0.15) is 32.1 Å². The Balaban J connectivity index is 1.49. The first kappa shape index (κ1) is 20.4. The number of amides is 1. The number of aromatic nitrogens is 2. The third-order valence-corrected chi connectivity index (χ3v) is 6.18. The van der Waals surface area contributed by atoms with E-state index in [1.165, 1.54) is 30.2 Å². The molecule has 0 radical (unpaired) electrons. The predicted octanol–water partition coefficient (Wildman–Crippen LogP) is 4.48. The lowest BCUT2D eigenvalue weighted by Gasteiger charge is -2.14. The Hall–Kier alpha value is -2.86. The summed E-state index contributed by atoms with van der Waals surface area (Å²) in [5.41, 5.74) is 2.71. The molecule has 0 fully saturated rings. The van der Waals surface area contributed by atoms with Gasteiger partial charge in [-0.1, -0.05) is 53.7 Å². The number of carbonyl (C=O) groups is 1. The molecule has 1 heterocycles. The molecule has 154 valence electrons. The van der Waals surface area contributed by atoms with E-state index in [1.807, 2.05) is 48.5 Å². The molecule has 0 spiro atoms. The lowest BCUT2D eigenvalue weighted by molar-refractivity contribution is -0.118. The fraction of sp³-hybridized carbons (Fsp3) is 0.292. The average Bonchev–Trinajstić information content (AvgIpc) is 2.79. The van der Waals surface area contributed by atoms with Crippen LogP contribution in [-0.2, 0) is 4.79 Å². The third-order valence-electron chi connectivity index (χ3n) is 5.24. The first-order chi connectivity index (χ1) is 14.7. The van der Waals surface area contributed by atoms with Gasteiger partial charge in [0.05, 0.1) is 22.3 Å². The molecule has 0 saturated heterocycles. The van der Waals surface area contributed by atoms with Gasteiger partial charge < -0.3 is 5.32 Å². The molecule has 1 amide bonds. The second-order valence-corrected chi connectivity index (χ2v) is 8.33. The van der Waals surface area contributed by atoms with Crippen LogP contribution in [0.2, 0.25) is 0 Å². The van der Waals surface area contributed by atoms with Crippen molar-refractivity contribution in [3.05, 3.63) is 76.6 Å². The molecule has 0 unspecified atom stereocenters. The van der Waals surface area contributed by atoms with E-state index in [-0.39, 0.29) is 17.2 Å². The van der Waals surface area contributed by atoms with Crippen molar-refractivity contribution in [3.63, 3.8) is 0 Å². The highest BCUT2D eigenvalue weighted by Crippen LogP contribution is 2.22. The van der Waals surface area contributed by atoms with E-state index in [0.717, 1.165) is 24.9 Å². The van der Waals surface area contributed by atoms with Gasteiger partial charge in [0.25, 0.3) is 5.56 Å². The zero-order chi connectivity index (χ0) is 20.8. The molecule has 0 aliphatic heterocycles. The van der Waals surface area contributed by atoms with Gasteiger partial charge in [-0.3, -0.25) is 14.2 Å². The van der Waals surface area contributed by atoms with Crippen molar-refractivity contribution in [2.75, 3.05) is 12.3 Å². The standard InChI is InChI=1S/C24H25N3O2S/c28-22(25-16-15-18-9-3-1-4-10-18)17-30-24-26-21-14-8-7-13-20(21)23(29)27(24)19-11-5-2-6-12-19/h2,5-9,11-14H,1,3-4,10,15-17H2,(H,25,28). The number of allylic oxidation sites excluding steroid dienone is 1. The molecule has 4 rings (SSSR count). The normalized spacial score (nSPS) is 13.8. The minimum Gasteiger partial charge on any atom is -0.355 e. The molecule has 6 heteroatoms. The highest BCUT2D eigenvalue weighted by Gasteiger charge is 2.14. The fourth-order valence-electron chi connectivity index (χ4n) is 3.69. The van der Waals surface area contributed by atoms with Crippen LogP contribution in [0.4, 0.5) is 0 Å². The monoisotopic (exact) mass is 419 g/mol. The van der Waals surface area contributed by atoms with Crippen molar-refractivity contribution in [1.29, 1.82) is 0 Å². The van der Waals surface area contributed by atoms with Crippen LogP contribution < -0.4 is 10.9 Å². The van der Waals surface area contributed by atoms with Crippen LogP contribution in [0.15, 0.2) is 76.2 Å². The third kappa shape index (κ3) is 4.82. The van der Waals surface area contributed by atoms with Gasteiger partial charge >= 0.3 is 0 Å². The van der Waals surface area contributed by atoms with Crippen molar-refractivity contribution < 1.29 is 4.79 Å². The van der Waals surface area contributed by atoms with Gasteiger partial charge in [0, 0.05) is 6.54 Å². The van der Waals surface area contributed by atoms with Gasteiger partial charge in [-0.2, -0.15) is 0 Å². The highest BCUT2D eigenvalue weighted by molar-refractivity contribution is 7.99. The molecule has 0 saturated carbocycles. The summed E-state index contributed by atoms with van der Waals surface area (Å²) >= 11 is 1.29. The van der Waals surface area contributed by atoms with Gasteiger partial charge in [-0.05, 0) is 56.4 Å². The molecule has 0 atom stereocenters. The van der Waals surface area contributed by atoms with Crippen molar-refractivity contribution >= 4 is 28.6 Å². The number of hydrogen-bond donors (Lipinski definition) is 1. The van der Waals surface area contributed by atoms with Gasteiger partial charge in [-0.15, -0.1) is 0 Å². The number of fused-ring (bicyclic) bond motifs is 1. The molecule has 1 aliphatic rings. The fourth-order valence-corrected chi connectivity index (χ4v) is 4.53. The molecule has 1 aliphatic carbocycles. The summed E-state index contributed by atoms with van der Waals surface area (Å²) in [6, 6.07) is 16.7. The van der Waals surface area contributed by atoms with Crippen LogP contribution in [0.5, 0.6) is 0 Å². The molecular weight excluding hydrogens is 394 g/mol. The smallest absolute Gasteiger partial charge is 0.266 e. The maximum Gasteiger partial charge on any atom is 0.266 e. The molecule has 2 aromatic carbocycles. The Morgan fingerprint density at radius 3 is 2.67 bits per heavy atom. The molecule has 0 bridgehead atoms. The van der Waals surface area contributed by atoms with Gasteiger partial charge in [0.2, 0.25) is 5.91 Å². The van der Waals surface area contributed by atoms with Crippen LogP contribution in [0.25, 0.3) is 16.6 Å². The molecule has 3 aromatic rings. The van der Waals surface area contributed by atoms with E-state index in [0.29, 0.717) is 22.6 Å². The summed E-state index contributed by atoms with van der Waals surface area (Å²) in [6.45, 7) is 0.655. The van der Waals surface area contributed by atoms with Gasteiger partial charge in [0.15, 0.2) is 5.16 Å². The van der Waals surface area contributed by atoms with Gasteiger partial charge in [0.1, 0.15) is 0 Å². The SMILES string of the molecule is O=C(CSc1nc2ccccc2c(=O)n1-c1ccccc1)NCCC1=CCCCC1. The Morgan fingerprint density at radius 1 is 1.07 bits per heavy atom. The van der Waals surface area contributed by atoms with Crippen LogP contribution >= 0.6 is 11.8 Å². The number of benzene rings is 2. The summed E-state index contributed by atoms with van der Waals surface area (Å²) in [7, 11) is 0. The van der Waals surface area contributed by atoms with Crippen molar-refractivity contribution in [2.45, 2.75) is 37.3 Å². The number of nitrogens with one attached hydrogen (secondary N) is 1. The van der Waals surface area contributed by atoms with Gasteiger partial charge in [-0.25, -0.2) is 4.98 Å². The summed E-state index contributed by atoms with van der Waals surface area (Å²) in [5, 5.41) is 4.08. The van der Waals surface area contributed by atoms with Crippen molar-refractivity contribution in [1.82, 2.24) is 14.9 Å². The summed E-state index contributed by atoms with van der Waals surface area (Å²) in [5.74, 6) is 0.176. The Bertz CT molecular complexity index is 1120. The number of carbonyl (C=O) groups excluding carboxylic acids is 1. The van der Waals surface area contributed by atoms with Crippen molar-refractivity contribution in [2.24, 2.45) is 0 Å². The van der Waals surface area contributed by atoms with Crippen LogP contribution in [-0.4, -0.2) is 27.8 Å². The predicted molar refractivity (Wildman–Crippen MR) is 122 cm³/mol. The lowest BCUT2D eigenvalue weighted by Crippen LogP contribution is -2.27. The zero-order valence-corrected chi connectivity index (χ0v) is 17.7. The van der Waals surface area contributed by atoms with E-state index in [9.17, 15) is 9.59 Å². The van der Waals surface area contributed by atoms with E-state index < -0.39 is 0 Å². The number of rotatable bonds is 7. The number of nitrogens with zero attached hydrogens (tertiary/aromatic N) is 2. The van der Waals surface area contributed by atoms with Crippen LogP contribution in [0, 0.1) is 0 Å². The summed E-state index contributed by atoms with van der Waals surface area (Å²) < 4.78 is 1.59. The topological polar surface area (TPSA) is 64.0 Å². The number of thioether (sulfide) groups is 1. The maximum absolute atomic E-state index is 13.1. The Morgan fingerprint density at radius 2 is 1.87 bits per heavy atom. The second-order valence-electron chi connectivity index (χ2n) is 7.38. The number of para-hydroxylation sites is 2. The molecule has 30 heavy (non-hydrogen) atoms. The number of hydrogen-bond acceptors (Lipinski definition) is 4. The maximum atomic E-state index is 13.1. The molecule has 5 nitrogen and oxygen atoms in total. The minimum absolute atomic E-state index is 0.0431. The van der Waals surface area contributed by atoms with E-state index >= 15 is 0 Å². The Labute approximate surface area is 180 Å². The minimum atomic E-state index is -0.126. The van der Waals surface area contributed by atoms with E-state index in [4.69, 9.17) is 0 Å². The summed E-state index contributed by atoms with van der Waals surface area (Å²) in [6.07, 6.45) is 8.05. The average molecular weight is 420 g/mol. The largest absolute Gasteiger partial charge is 0.355 e. The van der Waals surface area contributed by atoms with Crippen LogP contribution in [0.3, 0.4) is 0 Å². The lowest BCUT2D eigenvalue weighted by atomic mass is 9.97. The van der Waals surface area contributed by atoms with E-state index in [1.54, 1.807) is 10.6 Å². The van der Waals surface area contributed by atoms with Crippen molar-refractivity contribution in [3.8, 4) is 5.69 Å². The first-order valence-electron chi connectivity index (χ1n) is 10.4. The molecular formula is C24H25N3O2S. The second kappa shape index (κ2) is 9.76. The first-order valence-corrected chi connectivity index (χ1v) is 11.4. The molecule has 1 N–H and O–H groups in total. The molecule has 1 aromatic heterocycles. The quantitative estimate of drug-likeness (QED) is 0.348.